The van der Waals surface area contributed by atoms with Crippen molar-refractivity contribution in [2.45, 2.75) is 31.8 Å². The molecule has 2 aromatic rings. The van der Waals surface area contributed by atoms with E-state index in [1.807, 2.05) is 0 Å². The van der Waals surface area contributed by atoms with Gasteiger partial charge in [-0.3, -0.25) is 24.0 Å². The van der Waals surface area contributed by atoms with E-state index in [-0.39, 0.29) is 29.7 Å². The van der Waals surface area contributed by atoms with Gasteiger partial charge in [-0.15, -0.1) is 0 Å². The summed E-state index contributed by atoms with van der Waals surface area (Å²) in [4.78, 5) is 60.8. The highest BCUT2D eigenvalue weighted by Gasteiger charge is 2.60. The van der Waals surface area contributed by atoms with Crippen LogP contribution in [-0.2, 0) is 35.1 Å². The Morgan fingerprint density at radius 1 is 1.05 bits per heavy atom. The van der Waals surface area contributed by atoms with Crippen molar-refractivity contribution in [3.8, 4) is 16.9 Å². The zero-order valence-corrected chi connectivity index (χ0v) is 21.8. The number of rotatable bonds is 5. The van der Waals surface area contributed by atoms with E-state index in [0.29, 0.717) is 22.4 Å². The Hall–Kier alpha value is -4.97. The number of aliphatic hydroxyl groups excluding tert-OH is 2. The van der Waals surface area contributed by atoms with Gasteiger partial charge in [0.2, 0.25) is 5.78 Å². The highest BCUT2D eigenvalue weighted by atomic mass is 16.5. The van der Waals surface area contributed by atoms with Crippen molar-refractivity contribution in [2.75, 3.05) is 11.9 Å². The Balaban J connectivity index is 1.53. The molecule has 0 saturated heterocycles. The van der Waals surface area contributed by atoms with Gasteiger partial charge in [0.05, 0.1) is 5.56 Å². The third-order valence-corrected chi connectivity index (χ3v) is 7.83. The predicted molar refractivity (Wildman–Crippen MR) is 142 cm³/mol. The Bertz CT molecular complexity index is 1600. The van der Waals surface area contributed by atoms with Crippen LogP contribution in [0.3, 0.4) is 0 Å². The highest BCUT2D eigenvalue weighted by Crippen LogP contribution is 2.53. The molecule has 5 rings (SSSR count). The predicted octanol–water partition coefficient (Wildman–Crippen LogP) is 1.59. The van der Waals surface area contributed by atoms with E-state index in [1.165, 1.54) is 13.0 Å². The summed E-state index contributed by atoms with van der Waals surface area (Å²) in [6.45, 7) is 0.755. The SMILES string of the molecule is CC(=O)OCC(=O)Nc1ccc(-c2ccc(O)c3c2C[C@H]2C[C@H]4CC(=O)C(C(N)=O)=C(O)[C@@]4(O)C(=O)C2=C3O)cc1. The van der Waals surface area contributed by atoms with Crippen LogP contribution in [0.2, 0.25) is 0 Å². The molecule has 0 aliphatic heterocycles. The second-order valence-electron chi connectivity index (χ2n) is 10.3. The number of carbonyl (C=O) groups excluding carboxylic acids is 5. The molecule has 2 aromatic carbocycles. The van der Waals surface area contributed by atoms with Crippen molar-refractivity contribution in [1.82, 2.24) is 0 Å². The van der Waals surface area contributed by atoms with Crippen molar-refractivity contribution < 1.29 is 49.1 Å². The molecule has 0 heterocycles. The standard InChI is InChI=1S/C29H26N2O10/c1-12(32)41-11-21(35)31-16-4-2-13(3-5-16)17-6-7-19(33)23-18(17)9-14-8-15-10-20(34)24(28(30)39)27(38)29(15,40)26(37)22(14)25(23)36/h2-7,14-15,33,36,38,40H,8-11H2,1H3,(H2,30,39)(H,31,35)/t14-,15+,29+/m1/s1. The van der Waals surface area contributed by atoms with Crippen LogP contribution in [0.4, 0.5) is 5.69 Å². The number of esters is 1. The van der Waals surface area contributed by atoms with Crippen molar-refractivity contribution in [2.24, 2.45) is 17.6 Å². The molecule has 41 heavy (non-hydrogen) atoms. The molecule has 12 nitrogen and oxygen atoms in total. The number of hydrogen-bond donors (Lipinski definition) is 6. The lowest BCUT2D eigenvalue weighted by Crippen LogP contribution is -2.58. The fourth-order valence-electron chi connectivity index (χ4n) is 5.99. The summed E-state index contributed by atoms with van der Waals surface area (Å²) in [5, 5.41) is 46.6. The molecular formula is C29H26N2O10. The molecule has 7 N–H and O–H groups in total. The first-order chi connectivity index (χ1) is 19.3. The first-order valence-electron chi connectivity index (χ1n) is 12.7. The van der Waals surface area contributed by atoms with Crippen molar-refractivity contribution >= 4 is 40.8 Å². The minimum Gasteiger partial charge on any atom is -0.508 e. The summed E-state index contributed by atoms with van der Waals surface area (Å²) in [7, 11) is 0. The number of phenolic OH excluding ortho intramolecular Hbond substituents is 1. The van der Waals surface area contributed by atoms with Gasteiger partial charge < -0.3 is 36.2 Å². The summed E-state index contributed by atoms with van der Waals surface area (Å²) >= 11 is 0. The minimum absolute atomic E-state index is 0.0192. The molecule has 3 aliphatic rings. The van der Waals surface area contributed by atoms with Crippen molar-refractivity contribution in [3.05, 3.63) is 64.4 Å². The van der Waals surface area contributed by atoms with E-state index in [4.69, 9.17) is 5.73 Å². The van der Waals surface area contributed by atoms with E-state index < -0.39 is 76.9 Å². The number of aromatic hydroxyl groups is 1. The van der Waals surface area contributed by atoms with Crippen molar-refractivity contribution in [3.63, 3.8) is 0 Å². The Morgan fingerprint density at radius 2 is 1.73 bits per heavy atom. The quantitative estimate of drug-likeness (QED) is 0.229. The van der Waals surface area contributed by atoms with Gasteiger partial charge in [0.1, 0.15) is 22.8 Å². The van der Waals surface area contributed by atoms with Gasteiger partial charge in [0, 0.05) is 30.5 Å². The monoisotopic (exact) mass is 562 g/mol. The van der Waals surface area contributed by atoms with E-state index in [2.05, 4.69) is 10.1 Å². The van der Waals surface area contributed by atoms with Gasteiger partial charge in [-0.05, 0) is 53.6 Å². The summed E-state index contributed by atoms with van der Waals surface area (Å²) < 4.78 is 4.67. The number of amides is 2. The van der Waals surface area contributed by atoms with Gasteiger partial charge in [-0.1, -0.05) is 18.2 Å². The Kier molecular flexibility index (Phi) is 6.66. The van der Waals surface area contributed by atoms with Crippen LogP contribution in [0.25, 0.3) is 16.9 Å². The number of primary amides is 1. The van der Waals surface area contributed by atoms with Gasteiger partial charge in [-0.25, -0.2) is 0 Å². The molecular weight excluding hydrogens is 536 g/mol. The van der Waals surface area contributed by atoms with Crippen molar-refractivity contribution in [1.29, 1.82) is 0 Å². The molecule has 1 saturated carbocycles. The number of phenols is 1. The fourth-order valence-corrected chi connectivity index (χ4v) is 5.99. The van der Waals surface area contributed by atoms with Crippen LogP contribution < -0.4 is 11.1 Å². The first-order valence-corrected chi connectivity index (χ1v) is 12.7. The lowest BCUT2D eigenvalue weighted by Gasteiger charge is -2.46. The van der Waals surface area contributed by atoms with Gasteiger partial charge in [-0.2, -0.15) is 0 Å². The molecule has 0 radical (unpaired) electrons. The number of ether oxygens (including phenoxy) is 1. The van der Waals surface area contributed by atoms with Gasteiger partial charge in [0.25, 0.3) is 11.8 Å². The maximum Gasteiger partial charge on any atom is 0.303 e. The molecule has 12 heteroatoms. The number of benzene rings is 2. The van der Waals surface area contributed by atoms with Crippen LogP contribution in [0.5, 0.6) is 5.75 Å². The Morgan fingerprint density at radius 3 is 2.37 bits per heavy atom. The molecule has 0 spiro atoms. The van der Waals surface area contributed by atoms with Crippen LogP contribution in [-0.4, -0.2) is 62.0 Å². The number of fused-ring (bicyclic) bond motifs is 3. The third-order valence-electron chi connectivity index (χ3n) is 7.83. The molecule has 1 fully saturated rings. The van der Waals surface area contributed by atoms with E-state index >= 15 is 0 Å². The second-order valence-corrected chi connectivity index (χ2v) is 10.3. The second kappa shape index (κ2) is 9.89. The maximum atomic E-state index is 13.6. The molecule has 0 aromatic heterocycles. The van der Waals surface area contributed by atoms with Crippen LogP contribution in [0.1, 0.15) is 30.9 Å². The summed E-state index contributed by atoms with van der Waals surface area (Å²) in [5.41, 5.74) is 3.73. The molecule has 0 unspecified atom stereocenters. The number of Topliss-reactive ketones (excluding diaryl/α,β-unsaturated/α-hetero) is 2. The molecule has 212 valence electrons. The van der Waals surface area contributed by atoms with Crippen LogP contribution >= 0.6 is 0 Å². The largest absolute Gasteiger partial charge is 0.508 e. The van der Waals surface area contributed by atoms with E-state index in [1.54, 1.807) is 30.3 Å². The topological polar surface area (TPSA) is 214 Å². The molecule has 2 amide bonds. The number of nitrogens with two attached hydrogens (primary N) is 1. The number of ketones is 2. The average Bonchev–Trinajstić information content (AvgIpc) is 2.90. The first kappa shape index (κ1) is 27.6. The van der Waals surface area contributed by atoms with Gasteiger partial charge >= 0.3 is 5.97 Å². The summed E-state index contributed by atoms with van der Waals surface area (Å²) in [6.07, 6.45) is -0.232. The lowest BCUT2D eigenvalue weighted by atomic mass is 9.59. The number of carbonyl (C=O) groups is 5. The summed E-state index contributed by atoms with van der Waals surface area (Å²) in [5.74, 6) is -8.00. The van der Waals surface area contributed by atoms with E-state index in [9.17, 15) is 44.4 Å². The zero-order chi connectivity index (χ0) is 29.8. The zero-order valence-electron chi connectivity index (χ0n) is 21.8. The minimum atomic E-state index is -2.63. The highest BCUT2D eigenvalue weighted by molar-refractivity contribution is 6.22. The smallest absolute Gasteiger partial charge is 0.303 e. The number of hydrogen-bond acceptors (Lipinski definition) is 10. The molecule has 3 atom stereocenters. The third kappa shape index (κ3) is 4.42. The van der Waals surface area contributed by atoms with Gasteiger partial charge in [0.15, 0.2) is 18.0 Å². The number of aliphatic hydroxyl groups is 3. The lowest BCUT2D eigenvalue weighted by molar-refractivity contribution is -0.147. The average molecular weight is 563 g/mol. The Labute approximate surface area is 232 Å². The normalized spacial score (nSPS) is 23.4. The fraction of sp³-hybridized carbons (Fsp3) is 0.276. The van der Waals surface area contributed by atoms with Crippen LogP contribution in [0, 0.1) is 11.8 Å². The number of anilines is 1. The summed E-state index contributed by atoms with van der Waals surface area (Å²) in [6, 6.07) is 9.61. The molecule has 3 aliphatic carbocycles. The number of nitrogens with one attached hydrogen (secondary N) is 1. The van der Waals surface area contributed by atoms with E-state index in [0.717, 1.165) is 0 Å². The maximum absolute atomic E-state index is 13.6. The van der Waals surface area contributed by atoms with Crippen LogP contribution in [0.15, 0.2) is 53.3 Å². The molecule has 0 bridgehead atoms.